The van der Waals surface area contributed by atoms with Crippen LogP contribution in [0.15, 0.2) is 0 Å². The molecule has 0 saturated heterocycles. The largest absolute Gasteiger partial charge is 0.460 e. The summed E-state index contributed by atoms with van der Waals surface area (Å²) in [4.78, 5) is 0. The fourth-order valence-electron chi connectivity index (χ4n) is 3.62. The molecule has 2 nitrogen and oxygen atoms in total. The Morgan fingerprint density at radius 3 is 1.25 bits per heavy atom. The predicted octanol–water partition coefficient (Wildman–Crippen LogP) is 8.79. The molecular weight excluding hydrogens is 538 g/mol. The van der Waals surface area contributed by atoms with E-state index in [0.29, 0.717) is 33.1 Å². The van der Waals surface area contributed by atoms with Gasteiger partial charge in [-0.15, -0.1) is 0 Å². The van der Waals surface area contributed by atoms with Crippen LogP contribution in [0.25, 0.3) is 0 Å². The highest BCUT2D eigenvalue weighted by atomic mass is 19.4. The first-order chi connectivity index (χ1) is 16.1. The molecule has 0 radical (unpaired) electrons. The average Bonchev–Trinajstić information content (AvgIpc) is 2.70. The van der Waals surface area contributed by atoms with Gasteiger partial charge < -0.3 is 9.47 Å². The Balaban J connectivity index is 7.10. The maximum Gasteiger partial charge on any atom is 0.460 e. The van der Waals surface area contributed by atoms with Gasteiger partial charge in [-0.05, 0) is 20.3 Å². The maximum absolute atomic E-state index is 15.0. The van der Waals surface area contributed by atoms with E-state index in [0.717, 1.165) is 0 Å². The second-order valence-electron chi connectivity index (χ2n) is 7.98. The molecular formula is C20H28F14O2. The average molecular weight is 566 g/mol. The molecule has 0 aliphatic carbocycles. The molecule has 1 unspecified atom stereocenters. The lowest BCUT2D eigenvalue weighted by molar-refractivity contribution is -0.470. The molecule has 0 rings (SSSR count). The second-order valence-corrected chi connectivity index (χ2v) is 7.98. The summed E-state index contributed by atoms with van der Waals surface area (Å²) in [6.07, 6.45) is -15.2. The Morgan fingerprint density at radius 1 is 0.500 bits per heavy atom. The zero-order valence-electron chi connectivity index (χ0n) is 19.5. The molecule has 16 heteroatoms. The van der Waals surface area contributed by atoms with E-state index in [4.69, 9.17) is 0 Å². The summed E-state index contributed by atoms with van der Waals surface area (Å²) in [5, 5.41) is 0. The van der Waals surface area contributed by atoms with Crippen LogP contribution in [-0.4, -0.2) is 55.0 Å². The van der Waals surface area contributed by atoms with Crippen LogP contribution in [0.3, 0.4) is 0 Å². The van der Waals surface area contributed by atoms with Gasteiger partial charge in [0.15, 0.2) is 0 Å². The standard InChI is InChI=1S/C20H28F14O2/c1-4-7-8-9-10-11-12-13(14(21,22)16(23,24)19(29,30)31)15(35-5-2,36-6-3)17(25,26)18(27,28)20(32,33)34/h13H,4-12H2,1-3H3. The zero-order valence-corrected chi connectivity index (χ0v) is 19.5. The van der Waals surface area contributed by atoms with Crippen molar-refractivity contribution in [3.63, 3.8) is 0 Å². The van der Waals surface area contributed by atoms with Gasteiger partial charge in [0.2, 0.25) is 5.79 Å². The van der Waals surface area contributed by atoms with E-state index >= 15 is 0 Å². The van der Waals surface area contributed by atoms with Crippen molar-refractivity contribution in [1.82, 2.24) is 0 Å². The first-order valence-corrected chi connectivity index (χ1v) is 11.0. The molecule has 0 bridgehead atoms. The molecule has 0 aromatic rings. The van der Waals surface area contributed by atoms with Gasteiger partial charge in [-0.3, -0.25) is 0 Å². The summed E-state index contributed by atoms with van der Waals surface area (Å²) < 4.78 is 201. The van der Waals surface area contributed by atoms with Gasteiger partial charge in [0, 0.05) is 13.2 Å². The third kappa shape index (κ3) is 6.49. The van der Waals surface area contributed by atoms with Crippen molar-refractivity contribution in [2.45, 2.75) is 108 Å². The molecule has 0 aliphatic rings. The number of hydrogen-bond acceptors (Lipinski definition) is 2. The predicted molar refractivity (Wildman–Crippen MR) is 99.4 cm³/mol. The highest BCUT2D eigenvalue weighted by molar-refractivity contribution is 5.10. The van der Waals surface area contributed by atoms with Gasteiger partial charge in [0.05, 0.1) is 5.92 Å². The van der Waals surface area contributed by atoms with Gasteiger partial charge in [0.25, 0.3) is 0 Å². The Bertz CT molecular complexity index is 652. The lowest BCUT2D eigenvalue weighted by Gasteiger charge is -2.49. The first-order valence-electron chi connectivity index (χ1n) is 11.0. The first kappa shape index (κ1) is 34.9. The number of rotatable bonds is 16. The van der Waals surface area contributed by atoms with Crippen LogP contribution in [-0.2, 0) is 9.47 Å². The molecule has 0 spiro atoms. The van der Waals surface area contributed by atoms with Crippen LogP contribution in [0.4, 0.5) is 61.5 Å². The minimum atomic E-state index is -7.23. The highest BCUT2D eigenvalue weighted by Gasteiger charge is 2.87. The Morgan fingerprint density at radius 2 is 0.889 bits per heavy atom. The summed E-state index contributed by atoms with van der Waals surface area (Å²) >= 11 is 0. The summed E-state index contributed by atoms with van der Waals surface area (Å²) in [7, 11) is 0. The van der Waals surface area contributed by atoms with E-state index in [1.165, 1.54) is 0 Å². The number of unbranched alkanes of at least 4 members (excludes halogenated alkanes) is 5. The van der Waals surface area contributed by atoms with Crippen molar-refractivity contribution < 1.29 is 70.9 Å². The number of halogens is 14. The van der Waals surface area contributed by atoms with Crippen LogP contribution in [0.5, 0.6) is 0 Å². The lowest BCUT2D eigenvalue weighted by atomic mass is 9.78. The molecule has 36 heavy (non-hydrogen) atoms. The van der Waals surface area contributed by atoms with E-state index in [9.17, 15) is 61.5 Å². The van der Waals surface area contributed by atoms with Crippen LogP contribution in [0.1, 0.15) is 65.7 Å². The molecule has 0 aliphatic heterocycles. The van der Waals surface area contributed by atoms with E-state index in [1.54, 1.807) is 6.92 Å². The maximum atomic E-state index is 15.0. The molecule has 218 valence electrons. The normalized spacial score (nSPS) is 15.9. The molecule has 0 heterocycles. The van der Waals surface area contributed by atoms with E-state index < -0.39 is 73.8 Å². The summed E-state index contributed by atoms with van der Waals surface area (Å²) in [6.45, 7) is 0.264. The zero-order chi connectivity index (χ0) is 28.9. The molecule has 0 amide bonds. The van der Waals surface area contributed by atoms with Crippen LogP contribution in [0.2, 0.25) is 0 Å². The summed E-state index contributed by atoms with van der Waals surface area (Å²) in [6, 6.07) is 0. The van der Waals surface area contributed by atoms with Crippen LogP contribution < -0.4 is 0 Å². The molecule has 1 atom stereocenters. The number of ether oxygens (including phenoxy) is 2. The van der Waals surface area contributed by atoms with Crippen molar-refractivity contribution in [2.24, 2.45) is 5.92 Å². The minimum absolute atomic E-state index is 0.160. The van der Waals surface area contributed by atoms with Crippen molar-refractivity contribution >= 4 is 0 Å². The summed E-state index contributed by atoms with van der Waals surface area (Å²) in [5.74, 6) is -37.4. The topological polar surface area (TPSA) is 18.5 Å². The monoisotopic (exact) mass is 566 g/mol. The number of hydrogen-bond donors (Lipinski definition) is 0. The summed E-state index contributed by atoms with van der Waals surface area (Å²) in [5.41, 5.74) is 0. The molecule has 0 N–H and O–H groups in total. The second kappa shape index (κ2) is 12.2. The third-order valence-electron chi connectivity index (χ3n) is 5.42. The van der Waals surface area contributed by atoms with Crippen molar-refractivity contribution in [1.29, 1.82) is 0 Å². The molecule has 0 saturated carbocycles. The molecule has 0 aromatic carbocycles. The van der Waals surface area contributed by atoms with Gasteiger partial charge in [-0.25, -0.2) is 0 Å². The van der Waals surface area contributed by atoms with Gasteiger partial charge in [-0.2, -0.15) is 61.5 Å². The van der Waals surface area contributed by atoms with Gasteiger partial charge >= 0.3 is 36.0 Å². The third-order valence-corrected chi connectivity index (χ3v) is 5.42. The van der Waals surface area contributed by atoms with Crippen molar-refractivity contribution in [3.8, 4) is 0 Å². The van der Waals surface area contributed by atoms with E-state index in [1.807, 2.05) is 0 Å². The van der Waals surface area contributed by atoms with Crippen LogP contribution in [0, 0.1) is 5.92 Å². The van der Waals surface area contributed by atoms with Crippen LogP contribution >= 0.6 is 0 Å². The van der Waals surface area contributed by atoms with E-state index in [2.05, 4.69) is 9.47 Å². The van der Waals surface area contributed by atoms with Gasteiger partial charge in [0.1, 0.15) is 0 Å². The Kier molecular flexibility index (Phi) is 11.8. The molecule has 0 fully saturated rings. The fourth-order valence-corrected chi connectivity index (χ4v) is 3.62. The quantitative estimate of drug-likeness (QED) is 0.106. The smallest absolute Gasteiger partial charge is 0.345 e. The lowest BCUT2D eigenvalue weighted by Crippen LogP contribution is -2.73. The van der Waals surface area contributed by atoms with E-state index in [-0.39, 0.29) is 12.8 Å². The number of alkyl halides is 14. The molecule has 0 aromatic heterocycles. The Hall–Kier alpha value is -1.06. The fraction of sp³-hybridized carbons (Fsp3) is 1.00. The Labute approximate surface area is 198 Å². The SMILES string of the molecule is CCCCCCCCC(C(F)(F)C(F)(F)C(F)(F)F)C(OCC)(OCC)C(F)(F)C(F)(F)C(F)(F)F. The van der Waals surface area contributed by atoms with Crippen molar-refractivity contribution in [2.75, 3.05) is 13.2 Å². The minimum Gasteiger partial charge on any atom is -0.345 e. The van der Waals surface area contributed by atoms with Gasteiger partial charge in [-0.1, -0.05) is 45.4 Å². The van der Waals surface area contributed by atoms with Crippen molar-refractivity contribution in [3.05, 3.63) is 0 Å². The highest BCUT2D eigenvalue weighted by Crippen LogP contribution is 2.61.